The topological polar surface area (TPSA) is 9.23 Å². The van der Waals surface area contributed by atoms with Gasteiger partial charge in [-0.15, -0.1) is 0 Å². The molecule has 0 radical (unpaired) electrons. The van der Waals surface area contributed by atoms with Gasteiger partial charge in [-0.3, -0.25) is 0 Å². The lowest BCUT2D eigenvalue weighted by Crippen LogP contribution is -1.91. The first-order chi connectivity index (χ1) is 12.3. The van der Waals surface area contributed by atoms with Crippen LogP contribution in [0.5, 0.6) is 0 Å². The highest BCUT2D eigenvalue weighted by molar-refractivity contribution is 5.71. The molecular formula is C24H24O. The highest BCUT2D eigenvalue weighted by Gasteiger charge is 2.01. The van der Waals surface area contributed by atoms with Gasteiger partial charge in [0.2, 0.25) is 0 Å². The van der Waals surface area contributed by atoms with Gasteiger partial charge in [0.25, 0.3) is 0 Å². The maximum Gasteiger partial charge on any atom is 0.0716 e. The lowest BCUT2D eigenvalue weighted by atomic mass is 9.99. The average Bonchev–Trinajstić information content (AvgIpc) is 2.68. The normalized spacial score (nSPS) is 11.1. The fourth-order valence-electron chi connectivity index (χ4n) is 2.85. The Kier molecular flexibility index (Phi) is 5.81. The minimum absolute atomic E-state index is 0.679. The summed E-state index contributed by atoms with van der Waals surface area (Å²) in [6.07, 6.45) is 4.17. The second-order valence-electron chi connectivity index (χ2n) is 6.03. The van der Waals surface area contributed by atoms with Crippen molar-refractivity contribution in [3.05, 3.63) is 90.0 Å². The minimum Gasteiger partial charge on any atom is -0.377 e. The van der Waals surface area contributed by atoms with Crippen LogP contribution in [0.1, 0.15) is 25.0 Å². The van der Waals surface area contributed by atoms with E-state index in [0.29, 0.717) is 6.61 Å². The Labute approximate surface area is 150 Å². The molecule has 0 aliphatic rings. The molecule has 0 fully saturated rings. The summed E-state index contributed by atoms with van der Waals surface area (Å²) in [5.41, 5.74) is 7.39. The molecule has 0 spiro atoms. The number of hydrogen-bond donors (Lipinski definition) is 0. The molecule has 0 unspecified atom stereocenters. The Morgan fingerprint density at radius 2 is 1.12 bits per heavy atom. The van der Waals surface area contributed by atoms with Crippen LogP contribution in [0.2, 0.25) is 0 Å². The van der Waals surface area contributed by atoms with Crippen molar-refractivity contribution in [2.24, 2.45) is 0 Å². The molecule has 1 nitrogen and oxygen atoms in total. The summed E-state index contributed by atoms with van der Waals surface area (Å²) in [5.74, 6) is 0. The van der Waals surface area contributed by atoms with Crippen LogP contribution < -0.4 is 0 Å². The minimum atomic E-state index is 0.679. The Bertz CT molecular complexity index is 809. The van der Waals surface area contributed by atoms with Gasteiger partial charge in [0, 0.05) is 6.61 Å². The zero-order chi connectivity index (χ0) is 17.5. The summed E-state index contributed by atoms with van der Waals surface area (Å²) in [6, 6.07) is 26.0. The monoisotopic (exact) mass is 328 g/mol. The lowest BCUT2D eigenvalue weighted by molar-refractivity contribution is 0.134. The van der Waals surface area contributed by atoms with Gasteiger partial charge in [0.15, 0.2) is 0 Å². The van der Waals surface area contributed by atoms with E-state index in [0.717, 1.165) is 6.61 Å². The predicted molar refractivity (Wildman–Crippen MR) is 107 cm³/mol. The van der Waals surface area contributed by atoms with Crippen molar-refractivity contribution in [2.75, 3.05) is 6.61 Å². The van der Waals surface area contributed by atoms with Crippen molar-refractivity contribution in [3.8, 4) is 22.3 Å². The highest BCUT2D eigenvalue weighted by atomic mass is 16.5. The zero-order valence-electron chi connectivity index (χ0n) is 14.9. The molecule has 0 heterocycles. The fourth-order valence-corrected chi connectivity index (χ4v) is 2.85. The third kappa shape index (κ3) is 4.46. The van der Waals surface area contributed by atoms with E-state index < -0.39 is 0 Å². The van der Waals surface area contributed by atoms with Crippen LogP contribution in [0.15, 0.2) is 78.9 Å². The molecule has 0 saturated heterocycles. The Morgan fingerprint density at radius 1 is 0.680 bits per heavy atom. The van der Waals surface area contributed by atoms with Gasteiger partial charge in [-0.05, 0) is 47.2 Å². The van der Waals surface area contributed by atoms with E-state index in [1.54, 1.807) is 0 Å². The standard InChI is InChI=1S/C24H24O/c1-3-5-19-6-10-21(11-7-19)23-14-16-24(17-15-23)22-12-8-20(9-13-22)18-25-4-2/h3,5-17H,4,18H2,1-2H3/b5-3-. The number of rotatable bonds is 6. The van der Waals surface area contributed by atoms with E-state index in [1.807, 2.05) is 13.8 Å². The van der Waals surface area contributed by atoms with Crippen molar-refractivity contribution in [3.63, 3.8) is 0 Å². The van der Waals surface area contributed by atoms with Gasteiger partial charge in [0.1, 0.15) is 0 Å². The van der Waals surface area contributed by atoms with Crippen molar-refractivity contribution in [2.45, 2.75) is 20.5 Å². The second kappa shape index (κ2) is 8.46. The molecule has 0 bridgehead atoms. The van der Waals surface area contributed by atoms with E-state index in [4.69, 9.17) is 4.74 Å². The van der Waals surface area contributed by atoms with Crippen LogP contribution in [0.25, 0.3) is 28.3 Å². The Balaban J connectivity index is 1.75. The maximum absolute atomic E-state index is 5.45. The van der Waals surface area contributed by atoms with Crippen molar-refractivity contribution >= 4 is 6.08 Å². The predicted octanol–water partition coefficient (Wildman–Crippen LogP) is 6.59. The third-order valence-electron chi connectivity index (χ3n) is 4.25. The summed E-state index contributed by atoms with van der Waals surface area (Å²) in [7, 11) is 0. The number of benzene rings is 3. The molecule has 25 heavy (non-hydrogen) atoms. The molecule has 0 aliphatic heterocycles. The van der Waals surface area contributed by atoms with Crippen LogP contribution in [-0.4, -0.2) is 6.61 Å². The van der Waals surface area contributed by atoms with Gasteiger partial charge < -0.3 is 4.74 Å². The van der Waals surface area contributed by atoms with Crippen molar-refractivity contribution in [1.29, 1.82) is 0 Å². The SMILES string of the molecule is C/C=C\c1ccc(-c2ccc(-c3ccc(COCC)cc3)cc2)cc1. The Hall–Kier alpha value is -2.64. The highest BCUT2D eigenvalue weighted by Crippen LogP contribution is 2.25. The van der Waals surface area contributed by atoms with Crippen LogP contribution in [0, 0.1) is 0 Å². The number of ether oxygens (including phenoxy) is 1. The van der Waals surface area contributed by atoms with Crippen LogP contribution in [0.3, 0.4) is 0 Å². The maximum atomic E-state index is 5.45. The van der Waals surface area contributed by atoms with Crippen LogP contribution in [0.4, 0.5) is 0 Å². The molecule has 3 aromatic carbocycles. The molecular weight excluding hydrogens is 304 g/mol. The van der Waals surface area contributed by atoms with Gasteiger partial charge >= 0.3 is 0 Å². The second-order valence-corrected chi connectivity index (χ2v) is 6.03. The summed E-state index contributed by atoms with van der Waals surface area (Å²) >= 11 is 0. The largest absolute Gasteiger partial charge is 0.377 e. The number of hydrogen-bond acceptors (Lipinski definition) is 1. The van der Waals surface area contributed by atoms with Gasteiger partial charge in [-0.1, -0.05) is 84.9 Å². The smallest absolute Gasteiger partial charge is 0.0716 e. The van der Waals surface area contributed by atoms with E-state index >= 15 is 0 Å². The van der Waals surface area contributed by atoms with Crippen molar-refractivity contribution in [1.82, 2.24) is 0 Å². The van der Waals surface area contributed by atoms with Crippen LogP contribution >= 0.6 is 0 Å². The fraction of sp³-hybridized carbons (Fsp3) is 0.167. The Morgan fingerprint density at radius 3 is 1.56 bits per heavy atom. The molecule has 0 aromatic heterocycles. The number of allylic oxidation sites excluding steroid dienone is 1. The van der Waals surface area contributed by atoms with E-state index in [-0.39, 0.29) is 0 Å². The first-order valence-corrected chi connectivity index (χ1v) is 8.80. The summed E-state index contributed by atoms with van der Waals surface area (Å²) in [6.45, 7) is 5.48. The molecule has 0 atom stereocenters. The van der Waals surface area contributed by atoms with Crippen LogP contribution in [-0.2, 0) is 11.3 Å². The molecule has 0 aliphatic carbocycles. The van der Waals surface area contributed by atoms with Gasteiger partial charge in [0.05, 0.1) is 6.61 Å². The first-order valence-electron chi connectivity index (χ1n) is 8.80. The quantitative estimate of drug-likeness (QED) is 0.496. The molecule has 3 aromatic rings. The summed E-state index contributed by atoms with van der Waals surface area (Å²) in [4.78, 5) is 0. The van der Waals surface area contributed by atoms with Gasteiger partial charge in [-0.2, -0.15) is 0 Å². The molecule has 1 heteroatoms. The average molecular weight is 328 g/mol. The molecule has 0 amide bonds. The summed E-state index contributed by atoms with van der Waals surface area (Å²) in [5, 5.41) is 0. The zero-order valence-corrected chi connectivity index (χ0v) is 14.9. The first kappa shape index (κ1) is 17.2. The lowest BCUT2D eigenvalue weighted by Gasteiger charge is -2.07. The summed E-state index contributed by atoms with van der Waals surface area (Å²) < 4.78 is 5.45. The third-order valence-corrected chi connectivity index (χ3v) is 4.25. The van der Waals surface area contributed by atoms with Crippen molar-refractivity contribution < 1.29 is 4.74 Å². The molecule has 126 valence electrons. The van der Waals surface area contributed by atoms with E-state index in [9.17, 15) is 0 Å². The van der Waals surface area contributed by atoms with E-state index in [1.165, 1.54) is 33.4 Å². The van der Waals surface area contributed by atoms with E-state index in [2.05, 4.69) is 84.9 Å². The molecule has 0 N–H and O–H groups in total. The molecule has 3 rings (SSSR count). The molecule has 0 saturated carbocycles. The van der Waals surface area contributed by atoms with Gasteiger partial charge in [-0.25, -0.2) is 0 Å².